The molecule has 3 nitrogen and oxygen atoms in total. The normalized spacial score (nSPS) is 22.5. The molecule has 2 fully saturated rings. The van der Waals surface area contributed by atoms with Gasteiger partial charge in [-0.05, 0) is 30.7 Å². The second-order valence-electron chi connectivity index (χ2n) is 5.45. The molecule has 0 amide bonds. The summed E-state index contributed by atoms with van der Waals surface area (Å²) in [6.45, 7) is 2.32. The Balaban J connectivity index is 1.63. The van der Waals surface area contributed by atoms with Crippen LogP contribution in [0.2, 0.25) is 0 Å². The van der Waals surface area contributed by atoms with Crippen LogP contribution in [-0.2, 0) is 0 Å². The van der Waals surface area contributed by atoms with Crippen LogP contribution in [0.4, 0.5) is 11.4 Å². The predicted molar refractivity (Wildman–Crippen MR) is 70.9 cm³/mol. The minimum Gasteiger partial charge on any atom is -0.396 e. The summed E-state index contributed by atoms with van der Waals surface area (Å²) in [5.74, 6) is 2.01. The standard InChI is InChI=1S/C14H21N3/c15-13-10-16-7-4-14(13)17-8-5-12(6-9-17)11-2-1-3-11/h4,7,10-12H,1-3,5-6,8-9,15H2. The van der Waals surface area contributed by atoms with Crippen molar-refractivity contribution in [1.82, 2.24) is 4.98 Å². The zero-order chi connectivity index (χ0) is 11.7. The van der Waals surface area contributed by atoms with Gasteiger partial charge in [-0.15, -0.1) is 0 Å². The number of anilines is 2. The predicted octanol–water partition coefficient (Wildman–Crippen LogP) is 2.68. The van der Waals surface area contributed by atoms with E-state index in [0.29, 0.717) is 0 Å². The van der Waals surface area contributed by atoms with Gasteiger partial charge in [0.15, 0.2) is 0 Å². The van der Waals surface area contributed by atoms with Crippen molar-refractivity contribution in [2.45, 2.75) is 32.1 Å². The minimum atomic E-state index is 0.814. The molecule has 1 saturated carbocycles. The summed E-state index contributed by atoms with van der Waals surface area (Å²) in [6.07, 6.45) is 10.7. The van der Waals surface area contributed by atoms with E-state index in [4.69, 9.17) is 5.73 Å². The van der Waals surface area contributed by atoms with Crippen LogP contribution in [0.15, 0.2) is 18.5 Å². The van der Waals surface area contributed by atoms with Crippen molar-refractivity contribution >= 4 is 11.4 Å². The Morgan fingerprint density at radius 1 is 1.12 bits per heavy atom. The number of nitrogens with zero attached hydrogens (tertiary/aromatic N) is 2. The van der Waals surface area contributed by atoms with E-state index >= 15 is 0 Å². The Hall–Kier alpha value is -1.25. The Labute approximate surface area is 103 Å². The monoisotopic (exact) mass is 231 g/mol. The lowest BCUT2D eigenvalue weighted by Crippen LogP contribution is -2.38. The van der Waals surface area contributed by atoms with Gasteiger partial charge < -0.3 is 10.6 Å². The molecule has 3 rings (SSSR count). The SMILES string of the molecule is Nc1cnccc1N1CCC(C2CCC2)CC1. The van der Waals surface area contributed by atoms with Crippen LogP contribution in [0, 0.1) is 11.8 Å². The van der Waals surface area contributed by atoms with E-state index in [1.807, 2.05) is 12.3 Å². The Bertz CT molecular complexity index is 379. The maximum absolute atomic E-state index is 5.98. The average Bonchev–Trinajstić information content (AvgIpc) is 2.29. The summed E-state index contributed by atoms with van der Waals surface area (Å²) in [5, 5.41) is 0. The highest BCUT2D eigenvalue weighted by atomic mass is 15.1. The van der Waals surface area contributed by atoms with E-state index in [1.54, 1.807) is 6.20 Å². The molecule has 3 heteroatoms. The van der Waals surface area contributed by atoms with Gasteiger partial charge in [-0.25, -0.2) is 0 Å². The molecule has 0 aromatic carbocycles. The van der Waals surface area contributed by atoms with E-state index in [-0.39, 0.29) is 0 Å². The number of rotatable bonds is 2. The second kappa shape index (κ2) is 4.55. The third-order valence-corrected chi connectivity index (χ3v) is 4.52. The van der Waals surface area contributed by atoms with Gasteiger partial charge >= 0.3 is 0 Å². The first-order chi connectivity index (χ1) is 8.34. The van der Waals surface area contributed by atoms with Gasteiger partial charge in [0.05, 0.1) is 17.6 Å². The van der Waals surface area contributed by atoms with Gasteiger partial charge in [0.25, 0.3) is 0 Å². The summed E-state index contributed by atoms with van der Waals surface area (Å²) < 4.78 is 0. The van der Waals surface area contributed by atoms with Crippen molar-refractivity contribution in [2.24, 2.45) is 11.8 Å². The van der Waals surface area contributed by atoms with Crippen LogP contribution < -0.4 is 10.6 Å². The summed E-state index contributed by atoms with van der Waals surface area (Å²) in [7, 11) is 0. The zero-order valence-electron chi connectivity index (χ0n) is 10.3. The first-order valence-electron chi connectivity index (χ1n) is 6.79. The summed E-state index contributed by atoms with van der Waals surface area (Å²) in [5.41, 5.74) is 7.97. The molecule has 92 valence electrons. The lowest BCUT2D eigenvalue weighted by atomic mass is 9.72. The van der Waals surface area contributed by atoms with Crippen molar-refractivity contribution in [1.29, 1.82) is 0 Å². The third-order valence-electron chi connectivity index (χ3n) is 4.52. The topological polar surface area (TPSA) is 42.1 Å². The molecule has 1 aromatic rings. The summed E-state index contributed by atoms with van der Waals surface area (Å²) in [4.78, 5) is 6.48. The third kappa shape index (κ3) is 2.11. The number of hydrogen-bond acceptors (Lipinski definition) is 3. The lowest BCUT2D eigenvalue weighted by Gasteiger charge is -2.40. The molecule has 2 N–H and O–H groups in total. The lowest BCUT2D eigenvalue weighted by molar-refractivity contribution is 0.176. The average molecular weight is 231 g/mol. The van der Waals surface area contributed by atoms with Gasteiger partial charge in [0.2, 0.25) is 0 Å². The van der Waals surface area contributed by atoms with Crippen molar-refractivity contribution in [3.63, 3.8) is 0 Å². The second-order valence-corrected chi connectivity index (χ2v) is 5.45. The molecule has 2 aliphatic rings. The van der Waals surface area contributed by atoms with E-state index in [9.17, 15) is 0 Å². The highest BCUT2D eigenvalue weighted by Gasteiger charge is 2.30. The van der Waals surface area contributed by atoms with Gasteiger partial charge in [-0.2, -0.15) is 0 Å². The molecular weight excluding hydrogens is 210 g/mol. The van der Waals surface area contributed by atoms with Crippen molar-refractivity contribution in [3.8, 4) is 0 Å². The molecule has 17 heavy (non-hydrogen) atoms. The smallest absolute Gasteiger partial charge is 0.0738 e. The van der Waals surface area contributed by atoms with Crippen molar-refractivity contribution < 1.29 is 0 Å². The number of aromatic nitrogens is 1. The summed E-state index contributed by atoms with van der Waals surface area (Å²) >= 11 is 0. The first-order valence-corrected chi connectivity index (χ1v) is 6.79. The van der Waals surface area contributed by atoms with Crippen LogP contribution in [0.5, 0.6) is 0 Å². The molecule has 1 saturated heterocycles. The number of hydrogen-bond donors (Lipinski definition) is 1. The minimum absolute atomic E-state index is 0.814. The molecule has 1 aliphatic heterocycles. The molecule has 1 aliphatic carbocycles. The number of nitrogens with two attached hydrogens (primary N) is 1. The number of nitrogen functional groups attached to an aromatic ring is 1. The first kappa shape index (κ1) is 10.9. The zero-order valence-corrected chi connectivity index (χ0v) is 10.3. The van der Waals surface area contributed by atoms with Crippen molar-refractivity contribution in [3.05, 3.63) is 18.5 Å². The molecule has 1 aromatic heterocycles. The van der Waals surface area contributed by atoms with Gasteiger partial charge in [-0.3, -0.25) is 4.98 Å². The fraction of sp³-hybridized carbons (Fsp3) is 0.643. The van der Waals surface area contributed by atoms with Crippen LogP contribution in [0.25, 0.3) is 0 Å². The van der Waals surface area contributed by atoms with Crippen molar-refractivity contribution in [2.75, 3.05) is 23.7 Å². The van der Waals surface area contributed by atoms with Crippen LogP contribution in [0.3, 0.4) is 0 Å². The Kier molecular flexibility index (Phi) is 2.91. The van der Waals surface area contributed by atoms with Gasteiger partial charge in [0.1, 0.15) is 0 Å². The van der Waals surface area contributed by atoms with Crippen LogP contribution in [-0.4, -0.2) is 18.1 Å². The summed E-state index contributed by atoms with van der Waals surface area (Å²) in [6, 6.07) is 2.04. The Morgan fingerprint density at radius 2 is 1.82 bits per heavy atom. The molecule has 0 unspecified atom stereocenters. The Morgan fingerprint density at radius 3 is 2.41 bits per heavy atom. The largest absolute Gasteiger partial charge is 0.396 e. The number of pyridine rings is 1. The maximum atomic E-state index is 5.98. The highest BCUT2D eigenvalue weighted by Crippen LogP contribution is 2.39. The van der Waals surface area contributed by atoms with E-state index in [1.165, 1.54) is 37.8 Å². The quantitative estimate of drug-likeness (QED) is 0.851. The van der Waals surface area contributed by atoms with E-state index in [2.05, 4.69) is 9.88 Å². The van der Waals surface area contributed by atoms with Crippen LogP contribution >= 0.6 is 0 Å². The maximum Gasteiger partial charge on any atom is 0.0738 e. The van der Waals surface area contributed by atoms with Gasteiger partial charge in [-0.1, -0.05) is 19.3 Å². The fourth-order valence-corrected chi connectivity index (χ4v) is 3.21. The van der Waals surface area contributed by atoms with Crippen LogP contribution in [0.1, 0.15) is 32.1 Å². The molecule has 0 radical (unpaired) electrons. The molecule has 0 spiro atoms. The van der Waals surface area contributed by atoms with Gasteiger partial charge in [0, 0.05) is 19.3 Å². The molecule has 0 atom stereocenters. The van der Waals surface area contributed by atoms with E-state index < -0.39 is 0 Å². The molecular formula is C14H21N3. The van der Waals surface area contributed by atoms with E-state index in [0.717, 1.165) is 30.6 Å². The molecule has 0 bridgehead atoms. The fourth-order valence-electron chi connectivity index (χ4n) is 3.21. The molecule has 2 heterocycles. The highest BCUT2D eigenvalue weighted by molar-refractivity contribution is 5.66. The number of piperidine rings is 1.